The zero-order valence-electron chi connectivity index (χ0n) is 16.5. The van der Waals surface area contributed by atoms with Crippen LogP contribution in [0.1, 0.15) is 41.0 Å². The molecule has 148 valence electrons. The zero-order valence-corrected chi connectivity index (χ0v) is 16.5. The maximum Gasteiger partial charge on any atom is 0.227 e. The minimum Gasteiger partial charge on any atom is -0.345 e. The summed E-state index contributed by atoms with van der Waals surface area (Å²) in [4.78, 5) is 45.4. The van der Waals surface area contributed by atoms with Gasteiger partial charge in [0.25, 0.3) is 0 Å². The molecule has 0 bridgehead atoms. The van der Waals surface area contributed by atoms with Gasteiger partial charge < -0.3 is 9.80 Å². The molecule has 8 heteroatoms. The molecule has 2 aliphatic heterocycles. The molecular weight excluding hydrogens is 358 g/mol. The number of fused-ring (bicyclic) bond motifs is 1. The highest BCUT2D eigenvalue weighted by Gasteiger charge is 2.37. The standard InChI is InChI=1S/C20H25N5O3/c1-12-8-13(2)25-19(22-12)16(10-21-25)18(27)14-4-6-24(7-5-14)20(28)15-9-17(26)23(3)11-15/h8,10,14-15H,4-7,9,11H2,1-3H3/t15-/m1/s1. The topological polar surface area (TPSA) is 87.9 Å². The molecule has 0 N–H and O–H groups in total. The van der Waals surface area contributed by atoms with Crippen molar-refractivity contribution < 1.29 is 14.4 Å². The number of hydrogen-bond acceptors (Lipinski definition) is 5. The van der Waals surface area contributed by atoms with Gasteiger partial charge in [0, 0.05) is 50.4 Å². The van der Waals surface area contributed by atoms with Crippen molar-refractivity contribution >= 4 is 23.2 Å². The minimum atomic E-state index is -0.250. The van der Waals surface area contributed by atoms with Crippen LogP contribution < -0.4 is 0 Å². The third-order valence-corrected chi connectivity index (χ3v) is 5.91. The number of likely N-dealkylation sites (tertiary alicyclic amines) is 2. The Hall–Kier alpha value is -2.77. The van der Waals surface area contributed by atoms with Gasteiger partial charge in [-0.15, -0.1) is 0 Å². The molecular formula is C20H25N5O3. The van der Waals surface area contributed by atoms with Gasteiger partial charge in [0.1, 0.15) is 0 Å². The first-order valence-electron chi connectivity index (χ1n) is 9.74. The van der Waals surface area contributed by atoms with E-state index >= 15 is 0 Å². The van der Waals surface area contributed by atoms with Gasteiger partial charge in [0.2, 0.25) is 11.8 Å². The van der Waals surface area contributed by atoms with Gasteiger partial charge in [-0.2, -0.15) is 5.10 Å². The first-order chi connectivity index (χ1) is 13.3. The normalized spacial score (nSPS) is 21.0. The van der Waals surface area contributed by atoms with E-state index in [2.05, 4.69) is 10.1 Å². The molecule has 4 rings (SSSR count). The van der Waals surface area contributed by atoms with Crippen molar-refractivity contribution in [2.45, 2.75) is 33.1 Å². The number of piperidine rings is 1. The first kappa shape index (κ1) is 18.6. The average molecular weight is 383 g/mol. The predicted octanol–water partition coefficient (Wildman–Crippen LogP) is 1.25. The average Bonchev–Trinajstić information content (AvgIpc) is 3.24. The number of aryl methyl sites for hydroxylation is 2. The lowest BCUT2D eigenvalue weighted by Crippen LogP contribution is -2.43. The number of ketones is 1. The fourth-order valence-corrected chi connectivity index (χ4v) is 4.31. The summed E-state index contributed by atoms with van der Waals surface area (Å²) in [7, 11) is 1.73. The van der Waals surface area contributed by atoms with E-state index in [4.69, 9.17) is 0 Å². The smallest absolute Gasteiger partial charge is 0.227 e. The Kier molecular flexibility index (Phi) is 4.64. The lowest BCUT2D eigenvalue weighted by atomic mass is 9.89. The van der Waals surface area contributed by atoms with Crippen molar-refractivity contribution in [3.8, 4) is 0 Å². The summed E-state index contributed by atoms with van der Waals surface area (Å²) in [6.07, 6.45) is 3.15. The van der Waals surface area contributed by atoms with E-state index in [1.807, 2.05) is 24.8 Å². The van der Waals surface area contributed by atoms with Crippen molar-refractivity contribution in [3.05, 3.63) is 29.2 Å². The largest absolute Gasteiger partial charge is 0.345 e. The molecule has 2 saturated heterocycles. The summed E-state index contributed by atoms with van der Waals surface area (Å²) < 4.78 is 1.70. The monoisotopic (exact) mass is 383 g/mol. The highest BCUT2D eigenvalue weighted by atomic mass is 16.2. The summed E-state index contributed by atoms with van der Waals surface area (Å²) in [6.45, 7) is 5.44. The molecule has 0 saturated carbocycles. The van der Waals surface area contributed by atoms with Crippen LogP contribution in [0.5, 0.6) is 0 Å². The van der Waals surface area contributed by atoms with Crippen LogP contribution >= 0.6 is 0 Å². The Labute approximate surface area is 163 Å². The fourth-order valence-electron chi connectivity index (χ4n) is 4.31. The number of Topliss-reactive ketones (excluding diaryl/α,β-unsaturated/α-hetero) is 1. The second-order valence-corrected chi connectivity index (χ2v) is 7.97. The van der Waals surface area contributed by atoms with Crippen LogP contribution in [0, 0.1) is 25.7 Å². The molecule has 0 spiro atoms. The van der Waals surface area contributed by atoms with Crippen molar-refractivity contribution in [2.24, 2.45) is 11.8 Å². The van der Waals surface area contributed by atoms with Crippen LogP contribution in [-0.2, 0) is 9.59 Å². The summed E-state index contributed by atoms with van der Waals surface area (Å²) in [5.74, 6) is -0.274. The highest BCUT2D eigenvalue weighted by molar-refractivity contribution is 6.03. The molecule has 2 amide bonds. The Morgan fingerprint density at radius 1 is 1.14 bits per heavy atom. The SMILES string of the molecule is Cc1cc(C)n2ncc(C(=O)C3CCN(C(=O)[C@@H]4CC(=O)N(C)C4)CC3)c2n1. The van der Waals surface area contributed by atoms with Gasteiger partial charge in [-0.1, -0.05) is 0 Å². The number of carbonyl (C=O) groups excluding carboxylic acids is 3. The maximum absolute atomic E-state index is 13.1. The van der Waals surface area contributed by atoms with Crippen LogP contribution in [-0.4, -0.2) is 68.7 Å². The number of nitrogens with zero attached hydrogens (tertiary/aromatic N) is 5. The van der Waals surface area contributed by atoms with Crippen LogP contribution in [0.15, 0.2) is 12.3 Å². The maximum atomic E-state index is 13.1. The van der Waals surface area contributed by atoms with Crippen LogP contribution in [0.2, 0.25) is 0 Å². The van der Waals surface area contributed by atoms with Gasteiger partial charge in [-0.25, -0.2) is 9.50 Å². The molecule has 0 aliphatic carbocycles. The number of aromatic nitrogens is 3. The van der Waals surface area contributed by atoms with Crippen LogP contribution in [0.3, 0.4) is 0 Å². The summed E-state index contributed by atoms with van der Waals surface area (Å²) in [5, 5.41) is 4.32. The molecule has 28 heavy (non-hydrogen) atoms. The third-order valence-electron chi connectivity index (χ3n) is 5.91. The lowest BCUT2D eigenvalue weighted by Gasteiger charge is -2.32. The second kappa shape index (κ2) is 7.00. The number of carbonyl (C=O) groups is 3. The van der Waals surface area contributed by atoms with Gasteiger partial charge >= 0.3 is 0 Å². The molecule has 8 nitrogen and oxygen atoms in total. The molecule has 2 fully saturated rings. The number of rotatable bonds is 3. The van der Waals surface area contributed by atoms with Crippen molar-refractivity contribution in [1.29, 1.82) is 0 Å². The molecule has 4 heterocycles. The number of hydrogen-bond donors (Lipinski definition) is 0. The minimum absolute atomic E-state index is 0.0228. The fraction of sp³-hybridized carbons (Fsp3) is 0.550. The van der Waals surface area contributed by atoms with Gasteiger partial charge in [0.15, 0.2) is 11.4 Å². The van der Waals surface area contributed by atoms with Gasteiger partial charge in [-0.05, 0) is 32.8 Å². The van der Waals surface area contributed by atoms with E-state index in [0.29, 0.717) is 50.1 Å². The van der Waals surface area contributed by atoms with Gasteiger partial charge in [-0.3, -0.25) is 14.4 Å². The van der Waals surface area contributed by atoms with Crippen molar-refractivity contribution in [1.82, 2.24) is 24.4 Å². The van der Waals surface area contributed by atoms with Crippen LogP contribution in [0.25, 0.3) is 5.65 Å². The molecule has 0 radical (unpaired) electrons. The summed E-state index contributed by atoms with van der Waals surface area (Å²) in [6, 6.07) is 1.93. The quantitative estimate of drug-likeness (QED) is 0.745. The van der Waals surface area contributed by atoms with Crippen LogP contribution in [0.4, 0.5) is 0 Å². The Bertz CT molecular complexity index is 958. The Balaban J connectivity index is 1.43. The second-order valence-electron chi connectivity index (χ2n) is 7.97. The molecule has 0 aromatic carbocycles. The van der Waals surface area contributed by atoms with E-state index in [1.54, 1.807) is 22.7 Å². The Morgan fingerprint density at radius 3 is 2.50 bits per heavy atom. The molecule has 1 atom stereocenters. The van der Waals surface area contributed by atoms with E-state index in [0.717, 1.165) is 11.4 Å². The highest BCUT2D eigenvalue weighted by Crippen LogP contribution is 2.26. The van der Waals surface area contributed by atoms with E-state index in [-0.39, 0.29) is 29.4 Å². The molecule has 0 unspecified atom stereocenters. The Morgan fingerprint density at radius 2 is 1.86 bits per heavy atom. The van der Waals surface area contributed by atoms with Crippen molar-refractivity contribution in [3.63, 3.8) is 0 Å². The molecule has 2 aromatic heterocycles. The summed E-state index contributed by atoms with van der Waals surface area (Å²) >= 11 is 0. The van der Waals surface area contributed by atoms with E-state index < -0.39 is 0 Å². The molecule has 2 aromatic rings. The summed E-state index contributed by atoms with van der Waals surface area (Å²) in [5.41, 5.74) is 2.96. The zero-order chi connectivity index (χ0) is 20.0. The van der Waals surface area contributed by atoms with Crippen molar-refractivity contribution in [2.75, 3.05) is 26.7 Å². The molecule has 2 aliphatic rings. The van der Waals surface area contributed by atoms with E-state index in [1.165, 1.54) is 0 Å². The van der Waals surface area contributed by atoms with Gasteiger partial charge in [0.05, 0.1) is 17.7 Å². The lowest BCUT2D eigenvalue weighted by molar-refractivity contribution is -0.137. The first-order valence-corrected chi connectivity index (χ1v) is 9.74. The van der Waals surface area contributed by atoms with E-state index in [9.17, 15) is 14.4 Å². The number of amides is 2. The third kappa shape index (κ3) is 3.16. The predicted molar refractivity (Wildman–Crippen MR) is 102 cm³/mol.